The molecule has 6 nitrogen and oxygen atoms in total. The van der Waals surface area contributed by atoms with E-state index >= 15 is 0 Å². The van der Waals surface area contributed by atoms with E-state index < -0.39 is 0 Å². The first-order valence-electron chi connectivity index (χ1n) is 8.16. The lowest BCUT2D eigenvalue weighted by atomic mass is 9.98. The normalized spacial score (nSPS) is 17.8. The molecular formula is C17H21N5O. The molecule has 1 amide bonds. The van der Waals surface area contributed by atoms with Crippen LogP contribution in [0.3, 0.4) is 0 Å². The first kappa shape index (κ1) is 14.4. The van der Waals surface area contributed by atoms with Crippen molar-refractivity contribution in [3.63, 3.8) is 0 Å². The van der Waals surface area contributed by atoms with Gasteiger partial charge in [0.1, 0.15) is 0 Å². The summed E-state index contributed by atoms with van der Waals surface area (Å²) in [5.74, 6) is -0.110. The van der Waals surface area contributed by atoms with Crippen molar-refractivity contribution >= 4 is 5.91 Å². The Bertz CT molecular complexity index is 762. The number of hydrogen-bond donors (Lipinski definition) is 1. The zero-order valence-corrected chi connectivity index (χ0v) is 13.5. The van der Waals surface area contributed by atoms with E-state index in [2.05, 4.69) is 45.8 Å². The number of rotatable bonds is 3. The Kier molecular flexibility index (Phi) is 3.41. The first-order valence-corrected chi connectivity index (χ1v) is 8.16. The molecule has 1 N–H and O–H groups in total. The zero-order valence-electron chi connectivity index (χ0n) is 13.5. The molecule has 120 valence electrons. The minimum atomic E-state index is -0.110. The van der Waals surface area contributed by atoms with Gasteiger partial charge in [-0.1, -0.05) is 17.3 Å². The summed E-state index contributed by atoms with van der Waals surface area (Å²) in [7, 11) is 2.14. The molecule has 0 bridgehead atoms. The molecule has 6 heteroatoms. The van der Waals surface area contributed by atoms with Crippen molar-refractivity contribution in [2.24, 2.45) is 0 Å². The summed E-state index contributed by atoms with van der Waals surface area (Å²) in [5, 5.41) is 11.4. The summed E-state index contributed by atoms with van der Waals surface area (Å²) >= 11 is 0. The predicted molar refractivity (Wildman–Crippen MR) is 86.6 cm³/mol. The van der Waals surface area contributed by atoms with Crippen LogP contribution in [0.4, 0.5) is 0 Å². The lowest BCUT2D eigenvalue weighted by molar-refractivity contribution is 0.0945. The van der Waals surface area contributed by atoms with Gasteiger partial charge in [0.2, 0.25) is 0 Å². The Labute approximate surface area is 135 Å². The number of aromatic nitrogens is 3. The molecule has 1 fully saturated rings. The molecule has 1 aromatic carbocycles. The number of likely N-dealkylation sites (N-methyl/N-ethyl adjacent to an activating group) is 1. The van der Waals surface area contributed by atoms with Gasteiger partial charge < -0.3 is 10.2 Å². The Hall–Kier alpha value is -2.21. The molecule has 2 aromatic rings. The molecule has 1 aliphatic carbocycles. The monoisotopic (exact) mass is 311 g/mol. The molecule has 0 spiro atoms. The third kappa shape index (κ3) is 2.63. The van der Waals surface area contributed by atoms with Crippen LogP contribution in [-0.2, 0) is 13.0 Å². The molecule has 0 radical (unpaired) electrons. The number of fused-ring (bicyclic) bond motifs is 1. The van der Waals surface area contributed by atoms with Gasteiger partial charge >= 0.3 is 0 Å². The lowest BCUT2D eigenvalue weighted by Gasteiger charge is -2.26. The Morgan fingerprint density at radius 3 is 2.96 bits per heavy atom. The average molecular weight is 311 g/mol. The second-order valence-electron chi connectivity index (χ2n) is 6.59. The second kappa shape index (κ2) is 5.45. The summed E-state index contributed by atoms with van der Waals surface area (Å²) in [4.78, 5) is 14.6. The maximum absolute atomic E-state index is 12.3. The van der Waals surface area contributed by atoms with E-state index in [1.807, 2.05) is 11.6 Å². The van der Waals surface area contributed by atoms with E-state index in [0.29, 0.717) is 11.7 Å². The summed E-state index contributed by atoms with van der Waals surface area (Å²) in [5.41, 5.74) is 4.92. The Morgan fingerprint density at radius 1 is 1.35 bits per heavy atom. The molecule has 0 saturated heterocycles. The van der Waals surface area contributed by atoms with Crippen LogP contribution in [0.15, 0.2) is 18.2 Å². The highest BCUT2D eigenvalue weighted by atomic mass is 16.2. The van der Waals surface area contributed by atoms with Gasteiger partial charge in [-0.25, -0.2) is 4.68 Å². The van der Waals surface area contributed by atoms with Crippen molar-refractivity contribution in [1.82, 2.24) is 25.2 Å². The lowest BCUT2D eigenvalue weighted by Crippen LogP contribution is -2.28. The highest BCUT2D eigenvalue weighted by Gasteiger charge is 2.27. The predicted octanol–water partition coefficient (Wildman–Crippen LogP) is 1.46. The fourth-order valence-electron chi connectivity index (χ4n) is 3.18. The van der Waals surface area contributed by atoms with Crippen molar-refractivity contribution in [2.75, 3.05) is 13.6 Å². The SMILES string of the molecule is Cc1c(C(=O)NC2CC2)nnn1-c1cccc2c1CCN(C)C2. The summed E-state index contributed by atoms with van der Waals surface area (Å²) < 4.78 is 1.81. The van der Waals surface area contributed by atoms with Gasteiger partial charge in [0.15, 0.2) is 5.69 Å². The molecule has 1 aromatic heterocycles. The van der Waals surface area contributed by atoms with Crippen molar-refractivity contribution in [3.8, 4) is 5.69 Å². The van der Waals surface area contributed by atoms with Crippen molar-refractivity contribution < 1.29 is 4.79 Å². The van der Waals surface area contributed by atoms with Crippen LogP contribution in [0.25, 0.3) is 5.69 Å². The molecule has 1 saturated carbocycles. The Balaban J connectivity index is 1.70. The summed E-state index contributed by atoms with van der Waals surface area (Å²) in [6.45, 7) is 3.90. The molecule has 0 atom stereocenters. The number of nitrogens with zero attached hydrogens (tertiary/aromatic N) is 4. The van der Waals surface area contributed by atoms with Crippen molar-refractivity contribution in [1.29, 1.82) is 0 Å². The van der Waals surface area contributed by atoms with Crippen LogP contribution < -0.4 is 5.32 Å². The first-order chi connectivity index (χ1) is 11.1. The fourth-order valence-corrected chi connectivity index (χ4v) is 3.18. The van der Waals surface area contributed by atoms with Crippen LogP contribution >= 0.6 is 0 Å². The minimum Gasteiger partial charge on any atom is -0.348 e. The van der Waals surface area contributed by atoms with Crippen LogP contribution in [0.5, 0.6) is 0 Å². The van der Waals surface area contributed by atoms with E-state index in [-0.39, 0.29) is 5.91 Å². The largest absolute Gasteiger partial charge is 0.348 e. The van der Waals surface area contributed by atoms with Gasteiger partial charge in [-0.15, -0.1) is 5.10 Å². The van der Waals surface area contributed by atoms with Crippen molar-refractivity contribution in [2.45, 2.75) is 38.8 Å². The molecular weight excluding hydrogens is 290 g/mol. The van der Waals surface area contributed by atoms with Gasteiger partial charge in [0.25, 0.3) is 5.91 Å². The van der Waals surface area contributed by atoms with E-state index in [1.54, 1.807) is 0 Å². The highest BCUT2D eigenvalue weighted by Crippen LogP contribution is 2.26. The molecule has 23 heavy (non-hydrogen) atoms. The molecule has 2 heterocycles. The van der Waals surface area contributed by atoms with E-state index in [9.17, 15) is 4.79 Å². The summed E-state index contributed by atoms with van der Waals surface area (Å²) in [6, 6.07) is 6.61. The van der Waals surface area contributed by atoms with Crippen LogP contribution in [0, 0.1) is 6.92 Å². The Morgan fingerprint density at radius 2 is 2.17 bits per heavy atom. The molecule has 2 aliphatic rings. The topological polar surface area (TPSA) is 63.1 Å². The number of amides is 1. The average Bonchev–Trinajstić information content (AvgIpc) is 3.26. The summed E-state index contributed by atoms with van der Waals surface area (Å²) in [6.07, 6.45) is 3.13. The number of benzene rings is 1. The zero-order chi connectivity index (χ0) is 16.0. The minimum absolute atomic E-state index is 0.110. The third-order valence-electron chi connectivity index (χ3n) is 4.68. The smallest absolute Gasteiger partial charge is 0.273 e. The maximum Gasteiger partial charge on any atom is 0.273 e. The highest BCUT2D eigenvalue weighted by molar-refractivity contribution is 5.93. The van der Waals surface area contributed by atoms with E-state index in [0.717, 1.165) is 43.7 Å². The van der Waals surface area contributed by atoms with E-state index in [4.69, 9.17) is 0 Å². The van der Waals surface area contributed by atoms with Gasteiger partial charge in [-0.2, -0.15) is 0 Å². The van der Waals surface area contributed by atoms with Crippen LogP contribution in [-0.4, -0.2) is 45.4 Å². The number of carbonyl (C=O) groups is 1. The standard InChI is InChI=1S/C17H21N5O/c1-11-16(17(23)18-13-6-7-13)19-20-22(11)15-5-3-4-12-10-21(2)9-8-14(12)15/h3-5,13H,6-10H2,1-2H3,(H,18,23). The molecule has 4 rings (SSSR count). The molecule has 1 aliphatic heterocycles. The number of hydrogen-bond acceptors (Lipinski definition) is 4. The van der Waals surface area contributed by atoms with Gasteiger partial charge in [-0.05, 0) is 50.4 Å². The van der Waals surface area contributed by atoms with Gasteiger partial charge in [0.05, 0.1) is 11.4 Å². The van der Waals surface area contributed by atoms with Gasteiger partial charge in [0, 0.05) is 19.1 Å². The van der Waals surface area contributed by atoms with Gasteiger partial charge in [-0.3, -0.25) is 4.79 Å². The maximum atomic E-state index is 12.3. The van der Waals surface area contributed by atoms with Crippen molar-refractivity contribution in [3.05, 3.63) is 40.7 Å². The third-order valence-corrected chi connectivity index (χ3v) is 4.68. The van der Waals surface area contributed by atoms with Crippen LogP contribution in [0.1, 0.15) is 40.2 Å². The van der Waals surface area contributed by atoms with E-state index in [1.165, 1.54) is 11.1 Å². The fraction of sp³-hybridized carbons (Fsp3) is 0.471. The second-order valence-corrected chi connectivity index (χ2v) is 6.59. The molecule has 0 unspecified atom stereocenters. The van der Waals surface area contributed by atoms with Crippen LogP contribution in [0.2, 0.25) is 0 Å². The number of nitrogens with one attached hydrogen (secondary N) is 1. The number of carbonyl (C=O) groups excluding carboxylic acids is 1. The quantitative estimate of drug-likeness (QED) is 0.932.